The zero-order chi connectivity index (χ0) is 18.5. The molecule has 24 heavy (non-hydrogen) atoms. The number of nitrogens with one attached hydrogen (secondary N) is 1. The van der Waals surface area contributed by atoms with E-state index in [0.717, 1.165) is 9.91 Å². The van der Waals surface area contributed by atoms with Crippen LogP contribution in [-0.2, 0) is 19.1 Å². The maximum atomic E-state index is 12.3. The van der Waals surface area contributed by atoms with E-state index >= 15 is 0 Å². The lowest BCUT2D eigenvalue weighted by Crippen LogP contribution is -2.48. The summed E-state index contributed by atoms with van der Waals surface area (Å²) >= 11 is 0. The molecule has 1 aliphatic rings. The smallest absolute Gasteiger partial charge is 0.444 e. The van der Waals surface area contributed by atoms with Gasteiger partial charge in [-0.25, -0.2) is 0 Å². The number of hydrogen-bond donors (Lipinski definition) is 1. The fraction of sp³-hybridized carbons (Fsp3) is 0.692. The Bertz CT molecular complexity index is 536. The van der Waals surface area contributed by atoms with Gasteiger partial charge in [0.05, 0.1) is 0 Å². The predicted molar refractivity (Wildman–Crippen MR) is 76.4 cm³/mol. The molecule has 8 nitrogen and oxygen atoms in total. The lowest BCUT2D eigenvalue weighted by atomic mass is 10.3. The van der Waals surface area contributed by atoms with Gasteiger partial charge in [-0.05, 0) is 6.42 Å². The molecule has 1 unspecified atom stereocenters. The molecule has 0 aromatic heterocycles. The average Bonchev–Trinajstić information content (AvgIpc) is 2.89. The van der Waals surface area contributed by atoms with E-state index < -0.39 is 36.7 Å². The number of amides is 3. The minimum absolute atomic E-state index is 0.185. The van der Waals surface area contributed by atoms with E-state index in [1.165, 1.54) is 14.0 Å². The number of ether oxygens (including phenoxy) is 1. The summed E-state index contributed by atoms with van der Waals surface area (Å²) in [5, 5.41) is 6.46. The minimum Gasteiger partial charge on any atom is -0.444 e. The van der Waals surface area contributed by atoms with E-state index in [4.69, 9.17) is 4.74 Å². The van der Waals surface area contributed by atoms with Crippen molar-refractivity contribution in [3.8, 4) is 0 Å². The van der Waals surface area contributed by atoms with E-state index in [1.807, 2.05) is 6.92 Å². The van der Waals surface area contributed by atoms with Crippen molar-refractivity contribution in [3.63, 3.8) is 0 Å². The molecule has 1 N–H and O–H groups in total. The van der Waals surface area contributed by atoms with E-state index in [9.17, 15) is 27.6 Å². The van der Waals surface area contributed by atoms with Crippen LogP contribution in [0.4, 0.5) is 13.2 Å². The highest BCUT2D eigenvalue weighted by molar-refractivity contribution is 5.91. The average molecular weight is 352 g/mol. The SMILES string of the molecule is CCCC1=NN(C(C)=O)C(C(=O)N(C)CCNC(=O)C(F)(F)F)O1. The molecule has 3 amide bonds. The van der Waals surface area contributed by atoms with Crippen molar-refractivity contribution in [2.45, 2.75) is 39.1 Å². The Balaban J connectivity index is 2.59. The van der Waals surface area contributed by atoms with Crippen molar-refractivity contribution in [1.82, 2.24) is 15.2 Å². The van der Waals surface area contributed by atoms with Crippen LogP contribution in [0.2, 0.25) is 0 Å². The van der Waals surface area contributed by atoms with Crippen LogP contribution in [-0.4, -0.2) is 66.1 Å². The molecule has 1 heterocycles. The summed E-state index contributed by atoms with van der Waals surface area (Å²) in [5.74, 6) is -3.00. The maximum Gasteiger partial charge on any atom is 0.471 e. The summed E-state index contributed by atoms with van der Waals surface area (Å²) in [6.45, 7) is 2.51. The number of likely N-dealkylation sites (N-methyl/N-ethyl adjacent to an activating group) is 1. The standard InChI is InChI=1S/C13H19F3N4O4/c1-4-5-9-18-20(8(2)21)11(24-9)10(22)19(3)7-6-17-12(23)13(14,15)16/h11H,4-7H2,1-3H3,(H,17,23). The first kappa shape index (κ1) is 19.7. The highest BCUT2D eigenvalue weighted by Gasteiger charge is 2.39. The summed E-state index contributed by atoms with van der Waals surface area (Å²) in [6.07, 6.45) is -5.12. The van der Waals surface area contributed by atoms with Crippen molar-refractivity contribution in [2.75, 3.05) is 20.1 Å². The molecular formula is C13H19F3N4O4. The van der Waals surface area contributed by atoms with Gasteiger partial charge in [0.2, 0.25) is 11.8 Å². The van der Waals surface area contributed by atoms with Crippen molar-refractivity contribution < 1.29 is 32.3 Å². The Labute approximate surface area is 136 Å². The lowest BCUT2D eigenvalue weighted by molar-refractivity contribution is -0.173. The molecule has 0 spiro atoms. The van der Waals surface area contributed by atoms with E-state index in [-0.39, 0.29) is 12.4 Å². The molecule has 1 aliphatic heterocycles. The number of carbonyl (C=O) groups is 3. The van der Waals surface area contributed by atoms with Crippen LogP contribution in [0, 0.1) is 0 Å². The summed E-state index contributed by atoms with van der Waals surface area (Å²) in [6, 6.07) is 0. The summed E-state index contributed by atoms with van der Waals surface area (Å²) in [5.41, 5.74) is 0. The van der Waals surface area contributed by atoms with Gasteiger partial charge in [0, 0.05) is 33.5 Å². The normalized spacial score (nSPS) is 17.2. The predicted octanol–water partition coefficient (Wildman–Crippen LogP) is 0.442. The number of alkyl halides is 3. The second-order valence-electron chi connectivity index (χ2n) is 5.09. The fourth-order valence-corrected chi connectivity index (χ4v) is 1.82. The van der Waals surface area contributed by atoms with Crippen LogP contribution in [0.25, 0.3) is 0 Å². The zero-order valence-electron chi connectivity index (χ0n) is 13.5. The van der Waals surface area contributed by atoms with E-state index in [0.29, 0.717) is 12.8 Å². The molecule has 0 aromatic carbocycles. The maximum absolute atomic E-state index is 12.3. The molecule has 1 rings (SSSR count). The quantitative estimate of drug-likeness (QED) is 0.751. The molecule has 0 aliphatic carbocycles. The Morgan fingerprint density at radius 3 is 2.50 bits per heavy atom. The molecular weight excluding hydrogens is 333 g/mol. The zero-order valence-corrected chi connectivity index (χ0v) is 13.5. The number of hydrazone groups is 1. The highest BCUT2D eigenvalue weighted by Crippen LogP contribution is 2.17. The van der Waals surface area contributed by atoms with Gasteiger partial charge in [-0.1, -0.05) is 6.92 Å². The monoisotopic (exact) mass is 352 g/mol. The van der Waals surface area contributed by atoms with Crippen LogP contribution >= 0.6 is 0 Å². The molecule has 1 atom stereocenters. The molecule has 0 aromatic rings. The molecule has 0 fully saturated rings. The van der Waals surface area contributed by atoms with Gasteiger partial charge in [0.1, 0.15) is 0 Å². The van der Waals surface area contributed by atoms with Gasteiger partial charge in [-0.3, -0.25) is 14.4 Å². The number of carbonyl (C=O) groups excluding carboxylic acids is 3. The van der Waals surface area contributed by atoms with Crippen LogP contribution in [0.5, 0.6) is 0 Å². The third-order valence-corrected chi connectivity index (χ3v) is 3.05. The Hall–Kier alpha value is -2.33. The minimum atomic E-state index is -4.98. The van der Waals surface area contributed by atoms with Crippen LogP contribution in [0.1, 0.15) is 26.7 Å². The highest BCUT2D eigenvalue weighted by atomic mass is 19.4. The Morgan fingerprint density at radius 2 is 2.00 bits per heavy atom. The summed E-state index contributed by atoms with van der Waals surface area (Å²) in [7, 11) is 1.32. The van der Waals surface area contributed by atoms with Gasteiger partial charge in [0.25, 0.3) is 12.1 Å². The first-order chi connectivity index (χ1) is 11.1. The van der Waals surface area contributed by atoms with Gasteiger partial charge in [-0.15, -0.1) is 5.10 Å². The number of halogens is 3. The van der Waals surface area contributed by atoms with Crippen molar-refractivity contribution in [3.05, 3.63) is 0 Å². The Kier molecular flexibility index (Phi) is 6.55. The van der Waals surface area contributed by atoms with E-state index in [1.54, 1.807) is 5.32 Å². The van der Waals surface area contributed by atoms with Crippen LogP contribution in [0.3, 0.4) is 0 Å². The second-order valence-corrected chi connectivity index (χ2v) is 5.09. The third-order valence-electron chi connectivity index (χ3n) is 3.05. The second kappa shape index (κ2) is 7.97. The van der Waals surface area contributed by atoms with Crippen molar-refractivity contribution >= 4 is 23.6 Å². The van der Waals surface area contributed by atoms with Gasteiger partial charge < -0.3 is 15.0 Å². The largest absolute Gasteiger partial charge is 0.471 e. The van der Waals surface area contributed by atoms with Gasteiger partial charge in [0.15, 0.2) is 0 Å². The van der Waals surface area contributed by atoms with Crippen LogP contribution < -0.4 is 5.32 Å². The molecule has 0 bridgehead atoms. The van der Waals surface area contributed by atoms with Crippen molar-refractivity contribution in [1.29, 1.82) is 0 Å². The first-order valence-corrected chi connectivity index (χ1v) is 7.21. The van der Waals surface area contributed by atoms with Crippen LogP contribution in [0.15, 0.2) is 5.10 Å². The summed E-state index contributed by atoms with van der Waals surface area (Å²) in [4.78, 5) is 35.6. The molecule has 136 valence electrons. The van der Waals surface area contributed by atoms with Gasteiger partial charge >= 0.3 is 12.1 Å². The number of hydrogen-bond acceptors (Lipinski definition) is 5. The molecule has 0 saturated carbocycles. The molecule has 11 heteroatoms. The first-order valence-electron chi connectivity index (χ1n) is 7.21. The third kappa shape index (κ3) is 5.10. The molecule has 0 radical (unpaired) electrons. The van der Waals surface area contributed by atoms with Gasteiger partial charge in [-0.2, -0.15) is 18.2 Å². The number of rotatable bonds is 6. The summed E-state index contributed by atoms with van der Waals surface area (Å²) < 4.78 is 41.5. The Morgan fingerprint density at radius 1 is 1.38 bits per heavy atom. The number of nitrogens with zero attached hydrogens (tertiary/aromatic N) is 3. The molecule has 0 saturated heterocycles. The lowest BCUT2D eigenvalue weighted by Gasteiger charge is -2.24. The van der Waals surface area contributed by atoms with Crippen molar-refractivity contribution in [2.24, 2.45) is 5.10 Å². The van der Waals surface area contributed by atoms with E-state index in [2.05, 4.69) is 5.10 Å². The fourth-order valence-electron chi connectivity index (χ4n) is 1.82. The topological polar surface area (TPSA) is 91.3 Å².